The van der Waals surface area contributed by atoms with E-state index in [0.29, 0.717) is 5.92 Å². The Balaban J connectivity index is 1.79. The largest absolute Gasteiger partial charge is 0.481 e. The summed E-state index contributed by atoms with van der Waals surface area (Å²) in [6.07, 6.45) is 4.03. The van der Waals surface area contributed by atoms with Crippen LogP contribution in [0.2, 0.25) is 0 Å². The molecule has 0 fully saturated rings. The molecule has 0 radical (unpaired) electrons. The van der Waals surface area contributed by atoms with Gasteiger partial charge in [-0.3, -0.25) is 0 Å². The number of fused-ring (bicyclic) bond motifs is 1. The zero-order chi connectivity index (χ0) is 13.9. The number of methoxy groups -OCH3 is 1. The van der Waals surface area contributed by atoms with Gasteiger partial charge < -0.3 is 10.1 Å². The summed E-state index contributed by atoms with van der Waals surface area (Å²) in [5.74, 6) is 1.35. The van der Waals surface area contributed by atoms with Crippen LogP contribution in [0.15, 0.2) is 42.6 Å². The summed E-state index contributed by atoms with van der Waals surface area (Å²) in [5.41, 5.74) is 4.13. The minimum absolute atomic E-state index is 0.275. The Kier molecular flexibility index (Phi) is 3.70. The lowest BCUT2D eigenvalue weighted by molar-refractivity contribution is 0.374. The molecule has 3 heteroatoms. The number of pyridine rings is 1. The molecule has 1 aliphatic carbocycles. The fourth-order valence-electron chi connectivity index (χ4n) is 3.10. The van der Waals surface area contributed by atoms with E-state index in [-0.39, 0.29) is 6.04 Å². The van der Waals surface area contributed by atoms with Crippen LogP contribution in [0.3, 0.4) is 0 Å². The third-order valence-electron chi connectivity index (χ3n) is 4.20. The molecule has 1 aromatic heterocycles. The third kappa shape index (κ3) is 2.29. The summed E-state index contributed by atoms with van der Waals surface area (Å²) in [6, 6.07) is 13.1. The molecule has 3 nitrogen and oxygen atoms in total. The molecular weight excluding hydrogens is 248 g/mol. The maximum atomic E-state index is 5.38. The fourth-order valence-corrected chi connectivity index (χ4v) is 3.10. The number of benzene rings is 1. The highest BCUT2D eigenvalue weighted by Crippen LogP contribution is 2.41. The van der Waals surface area contributed by atoms with Gasteiger partial charge in [0.1, 0.15) is 0 Å². The molecule has 0 saturated carbocycles. The summed E-state index contributed by atoms with van der Waals surface area (Å²) < 4.78 is 5.38. The predicted octanol–water partition coefficient (Wildman–Crippen LogP) is 3.08. The zero-order valence-corrected chi connectivity index (χ0v) is 12.0. The van der Waals surface area contributed by atoms with E-state index in [9.17, 15) is 0 Å². The molecule has 3 rings (SSSR count). The summed E-state index contributed by atoms with van der Waals surface area (Å²) in [6.45, 7) is 0. The molecule has 20 heavy (non-hydrogen) atoms. The van der Waals surface area contributed by atoms with Gasteiger partial charge >= 0.3 is 0 Å². The number of rotatable bonds is 5. The number of nitrogens with one attached hydrogen (secondary N) is 1. The summed E-state index contributed by atoms with van der Waals surface area (Å²) in [4.78, 5) is 4.30. The second-order valence-corrected chi connectivity index (χ2v) is 5.28. The number of hydrogen-bond acceptors (Lipinski definition) is 3. The highest BCUT2D eigenvalue weighted by atomic mass is 16.5. The van der Waals surface area contributed by atoms with Crippen LogP contribution in [0, 0.1) is 0 Å². The van der Waals surface area contributed by atoms with Gasteiger partial charge in [0.05, 0.1) is 7.11 Å². The number of hydrogen-bond donors (Lipinski definition) is 1. The first-order chi connectivity index (χ1) is 9.83. The van der Waals surface area contributed by atoms with Gasteiger partial charge in [-0.05, 0) is 43.0 Å². The van der Waals surface area contributed by atoms with Crippen molar-refractivity contribution >= 4 is 0 Å². The van der Waals surface area contributed by atoms with Gasteiger partial charge in [0, 0.05) is 17.8 Å². The molecule has 2 unspecified atom stereocenters. The van der Waals surface area contributed by atoms with Crippen molar-refractivity contribution in [1.82, 2.24) is 10.3 Å². The van der Waals surface area contributed by atoms with E-state index in [1.54, 1.807) is 13.3 Å². The Labute approximate surface area is 120 Å². The van der Waals surface area contributed by atoms with Crippen LogP contribution in [0.4, 0.5) is 0 Å². The van der Waals surface area contributed by atoms with Crippen molar-refractivity contribution < 1.29 is 4.74 Å². The van der Waals surface area contributed by atoms with Crippen molar-refractivity contribution in [1.29, 1.82) is 0 Å². The average Bonchev–Trinajstić information content (AvgIpc) is 2.49. The molecule has 0 aliphatic heterocycles. The molecule has 104 valence electrons. The first-order valence-corrected chi connectivity index (χ1v) is 7.07. The molecule has 0 spiro atoms. The molecule has 2 atom stereocenters. The van der Waals surface area contributed by atoms with Crippen LogP contribution >= 0.6 is 0 Å². The Morgan fingerprint density at radius 3 is 2.90 bits per heavy atom. The Hall–Kier alpha value is -1.87. The highest BCUT2D eigenvalue weighted by molar-refractivity contribution is 5.40. The SMILES string of the molecule is CNC(CC1Cc2ccccc21)c1cccnc1OC. The van der Waals surface area contributed by atoms with Crippen molar-refractivity contribution in [3.05, 3.63) is 59.3 Å². The summed E-state index contributed by atoms with van der Waals surface area (Å²) in [7, 11) is 3.68. The first kappa shape index (κ1) is 13.1. The van der Waals surface area contributed by atoms with Gasteiger partial charge in [-0.15, -0.1) is 0 Å². The molecule has 2 aromatic rings. The van der Waals surface area contributed by atoms with Gasteiger partial charge in [0.15, 0.2) is 0 Å². The normalized spacial score (nSPS) is 18.0. The van der Waals surface area contributed by atoms with Crippen molar-refractivity contribution in [2.24, 2.45) is 0 Å². The molecular formula is C17H20N2O. The molecule has 1 N–H and O–H groups in total. The van der Waals surface area contributed by atoms with Crippen LogP contribution in [-0.4, -0.2) is 19.1 Å². The molecule has 0 bridgehead atoms. The summed E-state index contributed by atoms with van der Waals surface area (Å²) >= 11 is 0. The van der Waals surface area contributed by atoms with Gasteiger partial charge in [-0.2, -0.15) is 0 Å². The van der Waals surface area contributed by atoms with E-state index in [1.807, 2.05) is 13.1 Å². The van der Waals surface area contributed by atoms with Gasteiger partial charge in [-0.1, -0.05) is 30.3 Å². The maximum absolute atomic E-state index is 5.38. The van der Waals surface area contributed by atoms with Crippen LogP contribution in [0.1, 0.15) is 35.1 Å². The Bertz CT molecular complexity index is 597. The number of ether oxygens (including phenoxy) is 1. The van der Waals surface area contributed by atoms with Crippen molar-refractivity contribution in [2.45, 2.75) is 24.8 Å². The number of nitrogens with zero attached hydrogens (tertiary/aromatic N) is 1. The minimum Gasteiger partial charge on any atom is -0.481 e. The second-order valence-electron chi connectivity index (χ2n) is 5.28. The van der Waals surface area contributed by atoms with Crippen LogP contribution < -0.4 is 10.1 Å². The molecule has 1 aliphatic rings. The van der Waals surface area contributed by atoms with E-state index in [0.717, 1.165) is 17.9 Å². The van der Waals surface area contributed by atoms with Gasteiger partial charge in [0.25, 0.3) is 0 Å². The van der Waals surface area contributed by atoms with E-state index in [1.165, 1.54) is 17.5 Å². The second kappa shape index (κ2) is 5.63. The standard InChI is InChI=1S/C17H20N2O/c1-18-16(15-8-5-9-19-17(15)20-2)11-13-10-12-6-3-4-7-14(12)13/h3-9,13,16,18H,10-11H2,1-2H3. The Morgan fingerprint density at radius 2 is 2.15 bits per heavy atom. The van der Waals surface area contributed by atoms with Crippen LogP contribution in [0.25, 0.3) is 0 Å². The highest BCUT2D eigenvalue weighted by Gasteiger charge is 2.29. The lowest BCUT2D eigenvalue weighted by atomic mass is 9.74. The average molecular weight is 268 g/mol. The van der Waals surface area contributed by atoms with Gasteiger partial charge in [0.2, 0.25) is 5.88 Å². The quantitative estimate of drug-likeness (QED) is 0.905. The van der Waals surface area contributed by atoms with Crippen molar-refractivity contribution in [3.63, 3.8) is 0 Å². The number of aromatic nitrogens is 1. The van der Waals surface area contributed by atoms with Crippen molar-refractivity contribution in [2.75, 3.05) is 14.2 Å². The van der Waals surface area contributed by atoms with E-state index in [2.05, 4.69) is 40.6 Å². The first-order valence-electron chi connectivity index (χ1n) is 7.07. The fraction of sp³-hybridized carbons (Fsp3) is 0.353. The predicted molar refractivity (Wildman–Crippen MR) is 80.1 cm³/mol. The summed E-state index contributed by atoms with van der Waals surface area (Å²) in [5, 5.41) is 3.40. The topological polar surface area (TPSA) is 34.2 Å². The zero-order valence-electron chi connectivity index (χ0n) is 12.0. The monoisotopic (exact) mass is 268 g/mol. The lowest BCUT2D eigenvalue weighted by Gasteiger charge is -2.33. The molecule has 0 amide bonds. The smallest absolute Gasteiger partial charge is 0.217 e. The molecule has 1 heterocycles. The minimum atomic E-state index is 0.275. The van der Waals surface area contributed by atoms with E-state index >= 15 is 0 Å². The van der Waals surface area contributed by atoms with Crippen molar-refractivity contribution in [3.8, 4) is 5.88 Å². The van der Waals surface area contributed by atoms with Crippen LogP contribution in [-0.2, 0) is 6.42 Å². The van der Waals surface area contributed by atoms with Crippen LogP contribution in [0.5, 0.6) is 5.88 Å². The van der Waals surface area contributed by atoms with E-state index < -0.39 is 0 Å². The Morgan fingerprint density at radius 1 is 1.30 bits per heavy atom. The third-order valence-corrected chi connectivity index (χ3v) is 4.20. The van der Waals surface area contributed by atoms with Gasteiger partial charge in [-0.25, -0.2) is 4.98 Å². The maximum Gasteiger partial charge on any atom is 0.217 e. The molecule has 0 saturated heterocycles. The molecule has 1 aromatic carbocycles. The van der Waals surface area contributed by atoms with E-state index in [4.69, 9.17) is 4.74 Å². The lowest BCUT2D eigenvalue weighted by Crippen LogP contribution is -2.25.